The summed E-state index contributed by atoms with van der Waals surface area (Å²) in [6.45, 7) is 7.79. The molecule has 0 radical (unpaired) electrons. The average Bonchev–Trinajstić information content (AvgIpc) is 2.22. The van der Waals surface area contributed by atoms with Gasteiger partial charge in [0.2, 0.25) is 0 Å². The normalized spacial score (nSPS) is 14.5. The zero-order valence-electron chi connectivity index (χ0n) is 10.2. The monoisotopic (exact) mass is 238 g/mol. The van der Waals surface area contributed by atoms with Gasteiger partial charge in [-0.15, -0.1) is 11.8 Å². The van der Waals surface area contributed by atoms with Crippen LogP contribution >= 0.6 is 11.8 Å². The Morgan fingerprint density at radius 1 is 1.38 bits per heavy atom. The third-order valence-corrected chi connectivity index (χ3v) is 4.18. The second kappa shape index (κ2) is 4.91. The lowest BCUT2D eigenvalue weighted by atomic mass is 9.96. The molecule has 88 valence electrons. The molecule has 0 spiro atoms. The van der Waals surface area contributed by atoms with E-state index in [2.05, 4.69) is 0 Å². The maximum atomic E-state index is 11.4. The Morgan fingerprint density at radius 2 is 2.00 bits per heavy atom. The second-order valence-electron chi connectivity index (χ2n) is 4.07. The Labute approximate surface area is 101 Å². The molecular formula is C13H18O2S. The zero-order valence-corrected chi connectivity index (χ0v) is 11.0. The Bertz CT molecular complexity index is 401. The molecule has 1 N–H and O–H groups in total. The summed E-state index contributed by atoms with van der Waals surface area (Å²) in [4.78, 5) is 11.4. The zero-order chi connectivity index (χ0) is 12.3. The van der Waals surface area contributed by atoms with Crippen LogP contribution in [0.2, 0.25) is 0 Å². The molecule has 0 aliphatic rings. The molecule has 0 aliphatic heterocycles. The molecule has 16 heavy (non-hydrogen) atoms. The number of rotatable bonds is 4. The Hall–Kier alpha value is -0.960. The summed E-state index contributed by atoms with van der Waals surface area (Å²) in [6, 6.07) is 5.88. The minimum Gasteiger partial charge on any atom is -0.480 e. The van der Waals surface area contributed by atoms with Crippen LogP contribution in [0.3, 0.4) is 0 Å². The molecular weight excluding hydrogens is 220 g/mol. The van der Waals surface area contributed by atoms with E-state index in [1.54, 1.807) is 6.92 Å². The summed E-state index contributed by atoms with van der Waals surface area (Å²) in [7, 11) is 0. The van der Waals surface area contributed by atoms with Gasteiger partial charge in [-0.1, -0.05) is 25.1 Å². The lowest BCUT2D eigenvalue weighted by molar-refractivity contribution is -0.139. The van der Waals surface area contributed by atoms with E-state index in [0.29, 0.717) is 0 Å². The van der Waals surface area contributed by atoms with E-state index in [9.17, 15) is 9.90 Å². The minimum atomic E-state index is -0.840. The van der Waals surface area contributed by atoms with Gasteiger partial charge in [0.25, 0.3) is 0 Å². The van der Waals surface area contributed by atoms with Crippen molar-refractivity contribution in [2.75, 3.05) is 5.75 Å². The molecule has 0 saturated heterocycles. The van der Waals surface area contributed by atoms with E-state index in [1.807, 2.05) is 39.0 Å². The van der Waals surface area contributed by atoms with Gasteiger partial charge in [0.15, 0.2) is 0 Å². The van der Waals surface area contributed by atoms with Crippen LogP contribution in [0.5, 0.6) is 0 Å². The van der Waals surface area contributed by atoms with Crippen molar-refractivity contribution >= 4 is 17.7 Å². The van der Waals surface area contributed by atoms with Crippen LogP contribution in [0.15, 0.2) is 18.2 Å². The molecule has 1 atom stereocenters. The molecule has 2 nitrogen and oxygen atoms in total. The molecule has 0 bridgehead atoms. The molecule has 0 aromatic heterocycles. The van der Waals surface area contributed by atoms with Gasteiger partial charge >= 0.3 is 5.97 Å². The number of carboxylic acid groups (broad SMARTS) is 1. The summed E-state index contributed by atoms with van der Waals surface area (Å²) >= 11 is 1.45. The Kier molecular flexibility index (Phi) is 4.03. The molecule has 1 aromatic carbocycles. The molecule has 0 aliphatic carbocycles. The van der Waals surface area contributed by atoms with Gasteiger partial charge in [0.1, 0.15) is 4.75 Å². The highest BCUT2D eigenvalue weighted by Gasteiger charge is 2.35. The van der Waals surface area contributed by atoms with E-state index in [0.717, 1.165) is 16.9 Å². The predicted octanol–water partition coefficient (Wildman–Crippen LogP) is 3.36. The number of thioether (sulfide) groups is 1. The topological polar surface area (TPSA) is 37.3 Å². The largest absolute Gasteiger partial charge is 0.480 e. The molecule has 0 amide bonds. The number of aliphatic carboxylic acids is 1. The lowest BCUT2D eigenvalue weighted by Gasteiger charge is -2.25. The minimum absolute atomic E-state index is 0.775. The maximum absolute atomic E-state index is 11.4. The van der Waals surface area contributed by atoms with Gasteiger partial charge in [-0.05, 0) is 43.2 Å². The fraction of sp³-hybridized carbons (Fsp3) is 0.462. The van der Waals surface area contributed by atoms with Crippen LogP contribution in [-0.4, -0.2) is 16.8 Å². The van der Waals surface area contributed by atoms with Crippen LogP contribution in [0.25, 0.3) is 0 Å². The van der Waals surface area contributed by atoms with Gasteiger partial charge in [0.05, 0.1) is 0 Å². The summed E-state index contributed by atoms with van der Waals surface area (Å²) in [5.74, 6) is 0.0121. The Morgan fingerprint density at radius 3 is 2.44 bits per heavy atom. The van der Waals surface area contributed by atoms with Crippen molar-refractivity contribution in [3.63, 3.8) is 0 Å². The summed E-state index contributed by atoms with van der Waals surface area (Å²) < 4.78 is -0.840. The molecule has 0 heterocycles. The van der Waals surface area contributed by atoms with E-state index >= 15 is 0 Å². The first kappa shape index (κ1) is 13.1. The predicted molar refractivity (Wildman–Crippen MR) is 69.0 cm³/mol. The van der Waals surface area contributed by atoms with Gasteiger partial charge in [-0.3, -0.25) is 4.79 Å². The van der Waals surface area contributed by atoms with E-state index in [4.69, 9.17) is 0 Å². The highest BCUT2D eigenvalue weighted by atomic mass is 32.2. The van der Waals surface area contributed by atoms with Gasteiger partial charge in [-0.25, -0.2) is 0 Å². The van der Waals surface area contributed by atoms with Crippen LogP contribution in [0, 0.1) is 13.8 Å². The number of carbonyl (C=O) groups is 1. The van der Waals surface area contributed by atoms with E-state index in [1.165, 1.54) is 17.3 Å². The summed E-state index contributed by atoms with van der Waals surface area (Å²) in [5, 5.41) is 9.36. The molecule has 1 rings (SSSR count). The van der Waals surface area contributed by atoms with Gasteiger partial charge < -0.3 is 5.11 Å². The smallest absolute Gasteiger partial charge is 0.324 e. The summed E-state index contributed by atoms with van der Waals surface area (Å²) in [5.41, 5.74) is 3.20. The molecule has 1 aromatic rings. The van der Waals surface area contributed by atoms with Crippen molar-refractivity contribution in [2.24, 2.45) is 0 Å². The highest BCUT2D eigenvalue weighted by molar-refractivity contribution is 8.00. The van der Waals surface area contributed by atoms with Crippen molar-refractivity contribution < 1.29 is 9.90 Å². The van der Waals surface area contributed by atoms with Crippen LogP contribution < -0.4 is 0 Å². The van der Waals surface area contributed by atoms with Crippen LogP contribution in [0.4, 0.5) is 0 Å². The number of hydrogen-bond donors (Lipinski definition) is 1. The van der Waals surface area contributed by atoms with Crippen molar-refractivity contribution in [1.29, 1.82) is 0 Å². The molecule has 3 heteroatoms. The number of carboxylic acids is 1. The van der Waals surface area contributed by atoms with Crippen LogP contribution in [-0.2, 0) is 9.54 Å². The van der Waals surface area contributed by atoms with Gasteiger partial charge in [-0.2, -0.15) is 0 Å². The second-order valence-corrected chi connectivity index (χ2v) is 5.75. The van der Waals surface area contributed by atoms with Crippen molar-refractivity contribution in [1.82, 2.24) is 0 Å². The molecule has 1 unspecified atom stereocenters. The summed E-state index contributed by atoms with van der Waals surface area (Å²) in [6.07, 6.45) is 0. The SMILES string of the molecule is CCSC(C)(C(=O)O)c1ccc(C)c(C)c1. The van der Waals surface area contributed by atoms with E-state index in [-0.39, 0.29) is 0 Å². The first-order chi connectivity index (χ1) is 7.41. The Balaban J connectivity index is 3.21. The number of benzene rings is 1. The van der Waals surface area contributed by atoms with Crippen LogP contribution in [0.1, 0.15) is 30.5 Å². The molecule has 0 fully saturated rings. The molecule has 0 saturated carbocycles. The third kappa shape index (κ3) is 2.40. The number of hydrogen-bond acceptors (Lipinski definition) is 2. The maximum Gasteiger partial charge on any atom is 0.324 e. The number of aryl methyl sites for hydroxylation is 2. The third-order valence-electron chi connectivity index (χ3n) is 2.90. The fourth-order valence-corrected chi connectivity index (χ4v) is 2.59. The van der Waals surface area contributed by atoms with Gasteiger partial charge in [0, 0.05) is 0 Å². The van der Waals surface area contributed by atoms with Crippen molar-refractivity contribution in [3.8, 4) is 0 Å². The van der Waals surface area contributed by atoms with E-state index < -0.39 is 10.7 Å². The first-order valence-corrected chi connectivity index (χ1v) is 6.35. The quantitative estimate of drug-likeness (QED) is 0.874. The van der Waals surface area contributed by atoms with Crippen molar-refractivity contribution in [3.05, 3.63) is 34.9 Å². The standard InChI is InChI=1S/C13H18O2S/c1-5-16-13(4,12(14)15)11-7-6-9(2)10(3)8-11/h6-8H,5H2,1-4H3,(H,14,15). The van der Waals surface area contributed by atoms with Crippen molar-refractivity contribution in [2.45, 2.75) is 32.4 Å². The highest BCUT2D eigenvalue weighted by Crippen LogP contribution is 2.37. The lowest BCUT2D eigenvalue weighted by Crippen LogP contribution is -2.29. The first-order valence-electron chi connectivity index (χ1n) is 5.37. The fourth-order valence-electron chi connectivity index (χ4n) is 1.60. The average molecular weight is 238 g/mol.